The first-order valence-corrected chi connectivity index (χ1v) is 8.91. The molecular formula is C20H21N3O7. The third-order valence-corrected chi connectivity index (χ3v) is 3.94. The molecule has 0 spiro atoms. The monoisotopic (exact) mass is 415 g/mol. The Balaban J connectivity index is 1.99. The van der Waals surface area contributed by atoms with Crippen LogP contribution in [0, 0.1) is 10.1 Å². The Bertz CT molecular complexity index is 959. The first-order chi connectivity index (χ1) is 14.3. The number of carbonyl (C=O) groups excluding carboxylic acids is 3. The van der Waals surface area contributed by atoms with E-state index >= 15 is 0 Å². The minimum absolute atomic E-state index is 0.0645. The van der Waals surface area contributed by atoms with Crippen molar-refractivity contribution in [3.8, 4) is 0 Å². The van der Waals surface area contributed by atoms with Crippen molar-refractivity contribution >= 4 is 34.7 Å². The highest BCUT2D eigenvalue weighted by atomic mass is 16.6. The number of Topliss-reactive ketones (excluding diaryl/α,β-unsaturated/α-hetero) is 1. The molecule has 10 heteroatoms. The fourth-order valence-corrected chi connectivity index (χ4v) is 2.47. The van der Waals surface area contributed by atoms with Crippen LogP contribution < -0.4 is 10.6 Å². The van der Waals surface area contributed by atoms with E-state index in [1.807, 2.05) is 0 Å². The van der Waals surface area contributed by atoms with Crippen LogP contribution in [0.15, 0.2) is 42.5 Å². The summed E-state index contributed by atoms with van der Waals surface area (Å²) in [6.07, 6.45) is 0. The molecule has 0 saturated heterocycles. The molecule has 0 heterocycles. The number of amides is 1. The summed E-state index contributed by atoms with van der Waals surface area (Å²) in [7, 11) is 1.51. The van der Waals surface area contributed by atoms with E-state index in [2.05, 4.69) is 10.6 Å². The maximum atomic E-state index is 12.2. The van der Waals surface area contributed by atoms with Crippen LogP contribution in [0.5, 0.6) is 0 Å². The number of nitrogens with zero attached hydrogens (tertiary/aromatic N) is 1. The van der Waals surface area contributed by atoms with E-state index in [0.29, 0.717) is 24.4 Å². The number of hydrogen-bond donors (Lipinski definition) is 2. The summed E-state index contributed by atoms with van der Waals surface area (Å²) < 4.78 is 9.81. The summed E-state index contributed by atoms with van der Waals surface area (Å²) in [5, 5.41) is 16.6. The number of hydrogen-bond acceptors (Lipinski definition) is 8. The molecule has 158 valence electrons. The van der Waals surface area contributed by atoms with Crippen LogP contribution in [0.2, 0.25) is 0 Å². The van der Waals surface area contributed by atoms with Gasteiger partial charge in [0.05, 0.1) is 17.1 Å². The maximum Gasteiger partial charge on any atom is 0.338 e. The molecule has 1 amide bonds. The van der Waals surface area contributed by atoms with Crippen LogP contribution in [-0.4, -0.2) is 49.5 Å². The number of nitrogens with one attached hydrogen (secondary N) is 2. The third-order valence-electron chi connectivity index (χ3n) is 3.94. The predicted molar refractivity (Wildman–Crippen MR) is 109 cm³/mol. The molecule has 0 aliphatic rings. The zero-order chi connectivity index (χ0) is 22.1. The van der Waals surface area contributed by atoms with E-state index in [1.165, 1.54) is 32.2 Å². The van der Waals surface area contributed by atoms with Gasteiger partial charge >= 0.3 is 5.97 Å². The summed E-state index contributed by atoms with van der Waals surface area (Å²) in [5.74, 6) is -1.65. The zero-order valence-electron chi connectivity index (χ0n) is 16.5. The van der Waals surface area contributed by atoms with Gasteiger partial charge in [-0.15, -0.1) is 0 Å². The van der Waals surface area contributed by atoms with Crippen molar-refractivity contribution in [1.29, 1.82) is 0 Å². The van der Waals surface area contributed by atoms with Crippen LogP contribution in [-0.2, 0) is 14.3 Å². The SMILES string of the molecule is COCCNc1ccc(C(=O)OCC(=O)Nc2cccc(C(C)=O)c2)cc1[N+](=O)[O-]. The first-order valence-electron chi connectivity index (χ1n) is 8.91. The smallest absolute Gasteiger partial charge is 0.338 e. The van der Waals surface area contributed by atoms with Gasteiger partial charge in [-0.3, -0.25) is 19.7 Å². The molecule has 0 aliphatic carbocycles. The fourth-order valence-electron chi connectivity index (χ4n) is 2.47. The Hall–Kier alpha value is -3.79. The average Bonchev–Trinajstić information content (AvgIpc) is 2.72. The van der Waals surface area contributed by atoms with Gasteiger partial charge in [0.1, 0.15) is 5.69 Å². The zero-order valence-corrected chi connectivity index (χ0v) is 16.5. The second-order valence-corrected chi connectivity index (χ2v) is 6.17. The molecule has 2 aromatic carbocycles. The molecule has 2 aromatic rings. The van der Waals surface area contributed by atoms with E-state index < -0.39 is 23.4 Å². The van der Waals surface area contributed by atoms with Crippen LogP contribution >= 0.6 is 0 Å². The molecule has 0 saturated carbocycles. The lowest BCUT2D eigenvalue weighted by molar-refractivity contribution is -0.384. The Morgan fingerprint density at radius 2 is 1.87 bits per heavy atom. The van der Waals surface area contributed by atoms with Gasteiger partial charge in [0.25, 0.3) is 11.6 Å². The fraction of sp³-hybridized carbons (Fsp3) is 0.250. The van der Waals surface area contributed by atoms with Crippen molar-refractivity contribution in [3.05, 3.63) is 63.7 Å². The summed E-state index contributed by atoms with van der Waals surface area (Å²) in [4.78, 5) is 46.2. The number of esters is 1. The first kappa shape index (κ1) is 22.5. The Labute approximate surface area is 172 Å². The molecular weight excluding hydrogens is 394 g/mol. The van der Waals surface area contributed by atoms with E-state index in [4.69, 9.17) is 9.47 Å². The minimum Gasteiger partial charge on any atom is -0.452 e. The number of ketones is 1. The molecule has 2 N–H and O–H groups in total. The van der Waals surface area contributed by atoms with Gasteiger partial charge in [0.2, 0.25) is 0 Å². The maximum absolute atomic E-state index is 12.2. The summed E-state index contributed by atoms with van der Waals surface area (Å²) >= 11 is 0. The molecule has 0 aromatic heterocycles. The van der Waals surface area contributed by atoms with Crippen LogP contribution in [0.3, 0.4) is 0 Å². The van der Waals surface area contributed by atoms with E-state index in [-0.39, 0.29) is 22.7 Å². The van der Waals surface area contributed by atoms with Gasteiger partial charge in [-0.2, -0.15) is 0 Å². The molecule has 0 bridgehead atoms. The van der Waals surface area contributed by atoms with Gasteiger partial charge < -0.3 is 20.1 Å². The number of rotatable bonds is 10. The number of nitro groups is 1. The number of nitro benzene ring substituents is 1. The second-order valence-electron chi connectivity index (χ2n) is 6.17. The van der Waals surface area contributed by atoms with E-state index in [0.717, 1.165) is 6.07 Å². The molecule has 0 fully saturated rings. The summed E-state index contributed by atoms with van der Waals surface area (Å²) in [5.41, 5.74) is 0.676. The van der Waals surface area contributed by atoms with E-state index in [9.17, 15) is 24.5 Å². The average molecular weight is 415 g/mol. The number of methoxy groups -OCH3 is 1. The molecule has 30 heavy (non-hydrogen) atoms. The van der Waals surface area contributed by atoms with Gasteiger partial charge in [-0.05, 0) is 31.2 Å². The minimum atomic E-state index is -0.880. The Kier molecular flexibility index (Phi) is 8.00. The molecule has 0 atom stereocenters. The van der Waals surface area contributed by atoms with Crippen molar-refractivity contribution in [3.63, 3.8) is 0 Å². The molecule has 10 nitrogen and oxygen atoms in total. The molecule has 0 unspecified atom stereocenters. The van der Waals surface area contributed by atoms with Crippen molar-refractivity contribution in [1.82, 2.24) is 0 Å². The van der Waals surface area contributed by atoms with Gasteiger partial charge in [-0.25, -0.2) is 4.79 Å². The molecule has 0 aliphatic heterocycles. The lowest BCUT2D eigenvalue weighted by Gasteiger charge is -2.09. The largest absolute Gasteiger partial charge is 0.452 e. The van der Waals surface area contributed by atoms with Gasteiger partial charge in [0, 0.05) is 31.0 Å². The normalized spacial score (nSPS) is 10.2. The predicted octanol–water partition coefficient (Wildman–Crippen LogP) is 2.65. The van der Waals surface area contributed by atoms with Crippen molar-refractivity contribution in [2.24, 2.45) is 0 Å². The van der Waals surface area contributed by atoms with Crippen LogP contribution in [0.25, 0.3) is 0 Å². The van der Waals surface area contributed by atoms with Crippen molar-refractivity contribution < 1.29 is 28.8 Å². The summed E-state index contributed by atoms with van der Waals surface area (Å²) in [6.45, 7) is 1.52. The molecule has 2 rings (SSSR count). The van der Waals surface area contributed by atoms with Crippen LogP contribution in [0.4, 0.5) is 17.1 Å². The third kappa shape index (κ3) is 6.38. The molecule has 0 radical (unpaired) electrons. The van der Waals surface area contributed by atoms with E-state index in [1.54, 1.807) is 18.2 Å². The Morgan fingerprint density at radius 3 is 2.53 bits per heavy atom. The van der Waals surface area contributed by atoms with Crippen molar-refractivity contribution in [2.75, 3.05) is 37.5 Å². The highest BCUT2D eigenvalue weighted by Gasteiger charge is 2.19. The highest BCUT2D eigenvalue weighted by molar-refractivity contribution is 5.98. The summed E-state index contributed by atoms with van der Waals surface area (Å²) in [6, 6.07) is 10.1. The second kappa shape index (κ2) is 10.7. The van der Waals surface area contributed by atoms with Gasteiger partial charge in [0.15, 0.2) is 12.4 Å². The highest BCUT2D eigenvalue weighted by Crippen LogP contribution is 2.25. The van der Waals surface area contributed by atoms with Gasteiger partial charge in [-0.1, -0.05) is 12.1 Å². The van der Waals surface area contributed by atoms with Crippen molar-refractivity contribution in [2.45, 2.75) is 6.92 Å². The quantitative estimate of drug-likeness (QED) is 0.199. The Morgan fingerprint density at radius 1 is 1.10 bits per heavy atom. The number of carbonyl (C=O) groups is 3. The topological polar surface area (TPSA) is 137 Å². The number of anilines is 2. The number of ether oxygens (including phenoxy) is 2. The lowest BCUT2D eigenvalue weighted by atomic mass is 10.1. The lowest BCUT2D eigenvalue weighted by Crippen LogP contribution is -2.21. The number of benzene rings is 2. The van der Waals surface area contributed by atoms with Crippen LogP contribution in [0.1, 0.15) is 27.6 Å². The standard InChI is InChI=1S/C20H21N3O7/c1-13(24)14-4-3-5-16(10-14)22-19(25)12-30-20(26)15-6-7-17(21-8-9-29-2)18(11-15)23(27)28/h3-7,10-11,21H,8-9,12H2,1-2H3,(H,22,25).